The van der Waals surface area contributed by atoms with Crippen molar-refractivity contribution >= 4 is 0 Å². The van der Waals surface area contributed by atoms with Gasteiger partial charge in [0.25, 0.3) is 0 Å². The normalized spacial score (nSPS) is 16.4. The van der Waals surface area contributed by atoms with Gasteiger partial charge in [-0.15, -0.1) is 0 Å². The Morgan fingerprint density at radius 3 is 2.05 bits per heavy atom. The molecule has 19 heavy (non-hydrogen) atoms. The van der Waals surface area contributed by atoms with E-state index in [1.165, 1.54) is 0 Å². The zero-order valence-electron chi connectivity index (χ0n) is 10.5. The maximum Gasteiger partial charge on any atom is 0.449 e. The van der Waals surface area contributed by atoms with E-state index < -0.39 is 31.1 Å². The highest BCUT2D eigenvalue weighted by Crippen LogP contribution is 2.39. The van der Waals surface area contributed by atoms with Crippen LogP contribution in [-0.2, 0) is 4.74 Å². The standard InChI is InChI=1S/C10H18F6N2O/c1-2-9(12,13)19-8(11,10(14,15)16)7-18-6-4-3-5-17/h18H,2-7,17H2,1H3. The number of rotatable bonds is 9. The van der Waals surface area contributed by atoms with E-state index in [0.717, 1.165) is 6.92 Å². The van der Waals surface area contributed by atoms with E-state index in [1.54, 1.807) is 0 Å². The summed E-state index contributed by atoms with van der Waals surface area (Å²) in [4.78, 5) is 0. The van der Waals surface area contributed by atoms with E-state index in [9.17, 15) is 26.3 Å². The molecule has 0 amide bonds. The fourth-order valence-corrected chi connectivity index (χ4v) is 1.15. The van der Waals surface area contributed by atoms with Gasteiger partial charge in [0, 0.05) is 6.42 Å². The van der Waals surface area contributed by atoms with Crippen LogP contribution in [0.3, 0.4) is 0 Å². The van der Waals surface area contributed by atoms with Crippen molar-refractivity contribution in [3.8, 4) is 0 Å². The predicted octanol–water partition coefficient (Wildman–Crippen LogP) is 2.56. The maximum absolute atomic E-state index is 13.6. The summed E-state index contributed by atoms with van der Waals surface area (Å²) >= 11 is 0. The number of halogens is 6. The van der Waals surface area contributed by atoms with Gasteiger partial charge in [-0.05, 0) is 25.9 Å². The fourth-order valence-electron chi connectivity index (χ4n) is 1.15. The zero-order chi connectivity index (χ0) is 15.2. The van der Waals surface area contributed by atoms with Gasteiger partial charge in [0.2, 0.25) is 0 Å². The van der Waals surface area contributed by atoms with Gasteiger partial charge in [-0.2, -0.15) is 22.0 Å². The largest absolute Gasteiger partial charge is 0.449 e. The van der Waals surface area contributed by atoms with E-state index in [4.69, 9.17) is 5.73 Å². The molecule has 3 N–H and O–H groups in total. The Morgan fingerprint density at radius 2 is 1.63 bits per heavy atom. The number of alkyl halides is 6. The first-order valence-electron chi connectivity index (χ1n) is 5.82. The lowest BCUT2D eigenvalue weighted by molar-refractivity contribution is -0.408. The minimum Gasteiger partial charge on any atom is -0.330 e. The van der Waals surface area contributed by atoms with Crippen LogP contribution in [0.15, 0.2) is 0 Å². The maximum atomic E-state index is 13.6. The number of ether oxygens (including phenoxy) is 1. The molecule has 0 saturated carbocycles. The molecular formula is C10H18F6N2O. The molecule has 0 aliphatic carbocycles. The van der Waals surface area contributed by atoms with Crippen molar-refractivity contribution in [2.75, 3.05) is 19.6 Å². The van der Waals surface area contributed by atoms with Crippen LogP contribution < -0.4 is 11.1 Å². The van der Waals surface area contributed by atoms with Gasteiger partial charge in [-0.25, -0.2) is 4.39 Å². The van der Waals surface area contributed by atoms with Crippen molar-refractivity contribution in [3.05, 3.63) is 0 Å². The van der Waals surface area contributed by atoms with Crippen molar-refractivity contribution in [2.45, 2.75) is 44.3 Å². The highest BCUT2D eigenvalue weighted by Gasteiger charge is 2.61. The average molecular weight is 296 g/mol. The van der Waals surface area contributed by atoms with Crippen LogP contribution in [0.1, 0.15) is 26.2 Å². The second kappa shape index (κ2) is 7.30. The summed E-state index contributed by atoms with van der Waals surface area (Å²) in [6.07, 6.45) is -9.84. The zero-order valence-corrected chi connectivity index (χ0v) is 10.5. The van der Waals surface area contributed by atoms with Gasteiger partial charge in [-0.3, -0.25) is 4.74 Å². The van der Waals surface area contributed by atoms with Crippen LogP contribution in [0, 0.1) is 0 Å². The summed E-state index contributed by atoms with van der Waals surface area (Å²) in [5.41, 5.74) is 5.16. The first kappa shape index (κ1) is 18.5. The molecule has 1 atom stereocenters. The average Bonchev–Trinajstić information content (AvgIpc) is 2.27. The lowest BCUT2D eigenvalue weighted by atomic mass is 10.2. The highest BCUT2D eigenvalue weighted by atomic mass is 19.4. The van der Waals surface area contributed by atoms with Crippen LogP contribution in [0.25, 0.3) is 0 Å². The van der Waals surface area contributed by atoms with Crippen molar-refractivity contribution in [2.24, 2.45) is 5.73 Å². The number of nitrogens with one attached hydrogen (secondary N) is 1. The second-order valence-electron chi connectivity index (χ2n) is 3.99. The smallest absolute Gasteiger partial charge is 0.330 e. The third kappa shape index (κ3) is 6.44. The summed E-state index contributed by atoms with van der Waals surface area (Å²) in [7, 11) is 0. The Labute approximate surface area is 107 Å². The van der Waals surface area contributed by atoms with Crippen LogP contribution in [0.2, 0.25) is 0 Å². The van der Waals surface area contributed by atoms with Crippen LogP contribution in [0.4, 0.5) is 26.3 Å². The third-order valence-corrected chi connectivity index (χ3v) is 2.31. The molecule has 0 heterocycles. The van der Waals surface area contributed by atoms with E-state index in [0.29, 0.717) is 19.4 Å². The molecule has 0 aliphatic rings. The first-order valence-corrected chi connectivity index (χ1v) is 5.82. The van der Waals surface area contributed by atoms with Gasteiger partial charge in [0.1, 0.15) is 0 Å². The summed E-state index contributed by atoms with van der Waals surface area (Å²) < 4.78 is 79.9. The van der Waals surface area contributed by atoms with Gasteiger partial charge in [0.15, 0.2) is 0 Å². The number of nitrogens with two attached hydrogens (primary N) is 1. The molecular weight excluding hydrogens is 278 g/mol. The monoisotopic (exact) mass is 296 g/mol. The molecule has 116 valence electrons. The summed E-state index contributed by atoms with van der Waals surface area (Å²) in [5, 5.41) is 2.11. The Kier molecular flexibility index (Phi) is 7.09. The molecule has 0 aromatic carbocycles. The van der Waals surface area contributed by atoms with Crippen molar-refractivity contribution in [3.63, 3.8) is 0 Å². The lowest BCUT2D eigenvalue weighted by Gasteiger charge is -2.31. The van der Waals surface area contributed by atoms with E-state index in [1.807, 2.05) is 0 Å². The molecule has 3 nitrogen and oxygen atoms in total. The quantitative estimate of drug-likeness (QED) is 0.508. The molecule has 0 rings (SSSR count). The first-order chi connectivity index (χ1) is 8.58. The van der Waals surface area contributed by atoms with Crippen molar-refractivity contribution < 1.29 is 31.1 Å². The molecule has 0 fully saturated rings. The molecule has 0 saturated heterocycles. The van der Waals surface area contributed by atoms with Crippen molar-refractivity contribution in [1.82, 2.24) is 5.32 Å². The van der Waals surface area contributed by atoms with Gasteiger partial charge in [-0.1, -0.05) is 6.92 Å². The minimum atomic E-state index is -5.55. The topological polar surface area (TPSA) is 47.3 Å². The number of hydrogen-bond donors (Lipinski definition) is 2. The SMILES string of the molecule is CCC(F)(F)OC(F)(CNCCCCN)C(F)(F)F. The van der Waals surface area contributed by atoms with Gasteiger partial charge < -0.3 is 11.1 Å². The van der Waals surface area contributed by atoms with Crippen LogP contribution >= 0.6 is 0 Å². The van der Waals surface area contributed by atoms with Crippen LogP contribution in [0.5, 0.6) is 0 Å². The Bertz CT molecular complexity index is 261. The number of unbranched alkanes of at least 4 members (excludes halogenated alkanes) is 1. The molecule has 0 aromatic heterocycles. The van der Waals surface area contributed by atoms with Crippen molar-refractivity contribution in [1.29, 1.82) is 0 Å². The van der Waals surface area contributed by atoms with Crippen LogP contribution in [-0.4, -0.2) is 37.8 Å². The summed E-state index contributed by atoms with van der Waals surface area (Å²) in [6, 6.07) is 0. The second-order valence-corrected chi connectivity index (χ2v) is 3.99. The minimum absolute atomic E-state index is 0.0278. The molecule has 0 spiro atoms. The Balaban J connectivity index is 4.54. The third-order valence-electron chi connectivity index (χ3n) is 2.31. The summed E-state index contributed by atoms with van der Waals surface area (Å²) in [5.74, 6) is -4.42. The fraction of sp³-hybridized carbons (Fsp3) is 1.00. The summed E-state index contributed by atoms with van der Waals surface area (Å²) in [6.45, 7) is -0.131. The lowest BCUT2D eigenvalue weighted by Crippen LogP contribution is -2.54. The molecule has 9 heteroatoms. The van der Waals surface area contributed by atoms with E-state index in [-0.39, 0.29) is 6.54 Å². The molecule has 0 radical (unpaired) electrons. The predicted molar refractivity (Wildman–Crippen MR) is 57.4 cm³/mol. The van der Waals surface area contributed by atoms with E-state index in [2.05, 4.69) is 10.1 Å². The van der Waals surface area contributed by atoms with E-state index >= 15 is 0 Å². The molecule has 0 aliphatic heterocycles. The van der Waals surface area contributed by atoms with Gasteiger partial charge >= 0.3 is 18.1 Å². The molecule has 0 bridgehead atoms. The number of hydrogen-bond acceptors (Lipinski definition) is 3. The van der Waals surface area contributed by atoms with Gasteiger partial charge in [0.05, 0.1) is 6.54 Å². The highest BCUT2D eigenvalue weighted by molar-refractivity contribution is 4.81. The molecule has 0 aromatic rings. The molecule has 1 unspecified atom stereocenters. The Morgan fingerprint density at radius 1 is 1.05 bits per heavy atom. The Hall–Kier alpha value is -0.540.